The third kappa shape index (κ3) is 4.33. The van der Waals surface area contributed by atoms with E-state index in [1.165, 1.54) is 0 Å². The number of carbonyl (C=O) groups excluding carboxylic acids is 2. The van der Waals surface area contributed by atoms with Crippen LogP contribution < -0.4 is 19.1 Å². The largest absolute Gasteiger partial charge is 0.494 e. The van der Waals surface area contributed by atoms with Crippen LogP contribution in [0.2, 0.25) is 0 Å². The summed E-state index contributed by atoms with van der Waals surface area (Å²) in [7, 11) is 0. The summed E-state index contributed by atoms with van der Waals surface area (Å²) < 4.78 is 16.2. The molecule has 0 saturated carbocycles. The second kappa shape index (κ2) is 8.38. The van der Waals surface area contributed by atoms with Crippen LogP contribution in [0.4, 0.5) is 5.69 Å². The second-order valence-electron chi connectivity index (χ2n) is 5.85. The Labute approximate surface area is 152 Å². The van der Waals surface area contributed by atoms with Crippen LogP contribution in [0.1, 0.15) is 19.8 Å². The van der Waals surface area contributed by atoms with Gasteiger partial charge in [-0.3, -0.25) is 9.59 Å². The lowest BCUT2D eigenvalue weighted by molar-refractivity contribution is -0.134. The number of hydrogen-bond donors (Lipinski definition) is 0. The maximum absolute atomic E-state index is 12.1. The van der Waals surface area contributed by atoms with Gasteiger partial charge >= 0.3 is 5.97 Å². The number of fused-ring (bicyclic) bond motifs is 1. The van der Waals surface area contributed by atoms with E-state index in [4.69, 9.17) is 14.2 Å². The van der Waals surface area contributed by atoms with E-state index in [0.717, 1.165) is 12.2 Å². The Kier molecular flexibility index (Phi) is 5.73. The zero-order chi connectivity index (χ0) is 18.4. The van der Waals surface area contributed by atoms with Crippen LogP contribution in [-0.2, 0) is 9.59 Å². The van der Waals surface area contributed by atoms with E-state index >= 15 is 0 Å². The van der Waals surface area contributed by atoms with Gasteiger partial charge < -0.3 is 19.1 Å². The maximum Gasteiger partial charge on any atom is 0.312 e. The van der Waals surface area contributed by atoms with Crippen LogP contribution >= 0.6 is 0 Å². The highest BCUT2D eigenvalue weighted by Crippen LogP contribution is 2.31. The number of hydrogen-bond acceptors (Lipinski definition) is 5. The van der Waals surface area contributed by atoms with Crippen LogP contribution in [0.5, 0.6) is 17.2 Å². The van der Waals surface area contributed by atoms with Crippen molar-refractivity contribution in [3.8, 4) is 17.2 Å². The average Bonchev–Trinajstić information content (AvgIpc) is 2.66. The second-order valence-corrected chi connectivity index (χ2v) is 5.85. The molecule has 1 aliphatic rings. The number of ether oxygens (including phenoxy) is 3. The fraction of sp³-hybridized carbons (Fsp3) is 0.300. The summed E-state index contributed by atoms with van der Waals surface area (Å²) in [5.41, 5.74) is 0.675. The van der Waals surface area contributed by atoms with Gasteiger partial charge in [-0.25, -0.2) is 0 Å². The van der Waals surface area contributed by atoms with Crippen molar-refractivity contribution in [2.75, 3.05) is 24.7 Å². The molecule has 0 unspecified atom stereocenters. The van der Waals surface area contributed by atoms with Crippen molar-refractivity contribution >= 4 is 17.6 Å². The number of para-hydroxylation sites is 2. The van der Waals surface area contributed by atoms with E-state index < -0.39 is 5.97 Å². The summed E-state index contributed by atoms with van der Waals surface area (Å²) >= 11 is 0. The molecule has 6 heteroatoms. The summed E-state index contributed by atoms with van der Waals surface area (Å²) in [5.74, 6) is 1.26. The van der Waals surface area contributed by atoms with Crippen molar-refractivity contribution in [2.45, 2.75) is 19.8 Å². The highest BCUT2D eigenvalue weighted by atomic mass is 16.5. The number of esters is 1. The molecule has 0 fully saturated rings. The number of amides is 1. The molecule has 1 heterocycles. The number of nitrogens with zero attached hydrogens (tertiary/aromatic N) is 1. The lowest BCUT2D eigenvalue weighted by Gasteiger charge is -2.28. The number of rotatable bonds is 7. The van der Waals surface area contributed by atoms with Gasteiger partial charge in [0.15, 0.2) is 6.61 Å². The molecular weight excluding hydrogens is 334 g/mol. The van der Waals surface area contributed by atoms with Crippen LogP contribution in [0.25, 0.3) is 0 Å². The summed E-state index contributed by atoms with van der Waals surface area (Å²) in [4.78, 5) is 25.8. The van der Waals surface area contributed by atoms with Crippen molar-refractivity contribution in [3.05, 3.63) is 48.5 Å². The van der Waals surface area contributed by atoms with Gasteiger partial charge in [0, 0.05) is 6.54 Å². The summed E-state index contributed by atoms with van der Waals surface area (Å²) in [6, 6.07) is 14.2. The molecule has 26 heavy (non-hydrogen) atoms. The molecule has 2 aromatic carbocycles. The molecule has 0 aromatic heterocycles. The molecule has 3 rings (SSSR count). The highest BCUT2D eigenvalue weighted by molar-refractivity contribution is 5.98. The zero-order valence-electron chi connectivity index (χ0n) is 14.6. The van der Waals surface area contributed by atoms with E-state index in [1.54, 1.807) is 41.3 Å². The Morgan fingerprint density at radius 2 is 1.85 bits per heavy atom. The molecular formula is C20H21NO5. The molecule has 0 spiro atoms. The molecule has 1 aliphatic heterocycles. The van der Waals surface area contributed by atoms with E-state index in [-0.39, 0.29) is 25.5 Å². The Hall–Kier alpha value is -3.02. The molecule has 0 atom stereocenters. The quantitative estimate of drug-likeness (QED) is 0.564. The number of carbonyl (C=O) groups is 2. The van der Waals surface area contributed by atoms with Gasteiger partial charge in [-0.1, -0.05) is 19.1 Å². The first-order valence-corrected chi connectivity index (χ1v) is 8.63. The van der Waals surface area contributed by atoms with Crippen LogP contribution in [0.15, 0.2) is 48.5 Å². The predicted molar refractivity (Wildman–Crippen MR) is 96.8 cm³/mol. The van der Waals surface area contributed by atoms with Crippen LogP contribution in [0.3, 0.4) is 0 Å². The van der Waals surface area contributed by atoms with Crippen molar-refractivity contribution in [3.63, 3.8) is 0 Å². The van der Waals surface area contributed by atoms with Crippen molar-refractivity contribution in [1.29, 1.82) is 0 Å². The van der Waals surface area contributed by atoms with Gasteiger partial charge in [0.25, 0.3) is 5.91 Å². The van der Waals surface area contributed by atoms with Gasteiger partial charge in [0.1, 0.15) is 17.2 Å². The van der Waals surface area contributed by atoms with Crippen molar-refractivity contribution in [2.24, 2.45) is 0 Å². The fourth-order valence-corrected chi connectivity index (χ4v) is 2.61. The van der Waals surface area contributed by atoms with Gasteiger partial charge in [-0.15, -0.1) is 0 Å². The first-order chi connectivity index (χ1) is 12.7. The molecule has 1 amide bonds. The molecule has 0 aliphatic carbocycles. The van der Waals surface area contributed by atoms with Gasteiger partial charge in [-0.05, 0) is 42.8 Å². The van der Waals surface area contributed by atoms with E-state index in [0.29, 0.717) is 23.8 Å². The summed E-state index contributed by atoms with van der Waals surface area (Å²) in [5, 5.41) is 0. The minimum atomic E-state index is -0.399. The fourth-order valence-electron chi connectivity index (χ4n) is 2.61. The SMILES string of the molecule is CCCOc1ccc(OC(=O)CCN2C(=O)COc3ccccc32)cc1. The maximum atomic E-state index is 12.1. The Bertz CT molecular complexity index is 772. The summed E-state index contributed by atoms with van der Waals surface area (Å²) in [6.07, 6.45) is 1.02. The van der Waals surface area contributed by atoms with Gasteiger partial charge in [-0.2, -0.15) is 0 Å². The van der Waals surface area contributed by atoms with Crippen LogP contribution in [-0.4, -0.2) is 31.6 Å². The van der Waals surface area contributed by atoms with Gasteiger partial charge in [0.2, 0.25) is 0 Å². The molecule has 136 valence electrons. The third-order valence-corrected chi connectivity index (χ3v) is 3.88. The highest BCUT2D eigenvalue weighted by Gasteiger charge is 2.25. The molecule has 0 radical (unpaired) electrons. The number of benzene rings is 2. The smallest absolute Gasteiger partial charge is 0.312 e. The predicted octanol–water partition coefficient (Wildman–Crippen LogP) is 3.20. The van der Waals surface area contributed by atoms with E-state index in [1.807, 2.05) is 19.1 Å². The van der Waals surface area contributed by atoms with Crippen molar-refractivity contribution in [1.82, 2.24) is 0 Å². The average molecular weight is 355 g/mol. The molecule has 0 saturated heterocycles. The lowest BCUT2D eigenvalue weighted by atomic mass is 10.2. The topological polar surface area (TPSA) is 65.1 Å². The monoisotopic (exact) mass is 355 g/mol. The third-order valence-electron chi connectivity index (χ3n) is 3.88. The molecule has 0 N–H and O–H groups in total. The van der Waals surface area contributed by atoms with E-state index in [2.05, 4.69) is 0 Å². The molecule has 0 bridgehead atoms. The minimum absolute atomic E-state index is 0.0225. The lowest BCUT2D eigenvalue weighted by Crippen LogP contribution is -2.40. The number of anilines is 1. The summed E-state index contributed by atoms with van der Waals surface area (Å²) in [6.45, 7) is 2.91. The normalized spacial score (nSPS) is 13.0. The van der Waals surface area contributed by atoms with Gasteiger partial charge in [0.05, 0.1) is 18.7 Å². The van der Waals surface area contributed by atoms with E-state index in [9.17, 15) is 9.59 Å². The zero-order valence-corrected chi connectivity index (χ0v) is 14.6. The Morgan fingerprint density at radius 1 is 1.12 bits per heavy atom. The standard InChI is InChI=1S/C20H21NO5/c1-2-13-24-15-7-9-16(10-8-15)26-20(23)11-12-21-17-5-3-4-6-18(17)25-14-19(21)22/h3-10H,2,11-14H2,1H3. The molecule has 2 aromatic rings. The Balaban J connectivity index is 1.55. The first-order valence-electron chi connectivity index (χ1n) is 8.63. The Morgan fingerprint density at radius 3 is 2.62 bits per heavy atom. The first kappa shape index (κ1) is 17.8. The van der Waals surface area contributed by atoms with Crippen molar-refractivity contribution < 1.29 is 23.8 Å². The molecule has 6 nitrogen and oxygen atoms in total. The minimum Gasteiger partial charge on any atom is -0.494 e. The van der Waals surface area contributed by atoms with Crippen LogP contribution in [0, 0.1) is 0 Å².